The van der Waals surface area contributed by atoms with Crippen molar-refractivity contribution in [2.24, 2.45) is 5.92 Å². The van der Waals surface area contributed by atoms with Gasteiger partial charge >= 0.3 is 0 Å². The van der Waals surface area contributed by atoms with Crippen LogP contribution in [0, 0.1) is 11.7 Å². The first-order valence-corrected chi connectivity index (χ1v) is 9.74. The first-order chi connectivity index (χ1) is 11.7. The molecule has 0 bridgehead atoms. The normalized spacial score (nSPS) is 12.8. The summed E-state index contributed by atoms with van der Waals surface area (Å²) < 4.78 is 36.9. The Bertz CT molecular complexity index is 894. The van der Waals surface area contributed by atoms with Crippen LogP contribution in [-0.4, -0.2) is 32.2 Å². The van der Waals surface area contributed by atoms with Gasteiger partial charge in [-0.15, -0.1) is 0 Å². The Balaban J connectivity index is 2.13. The molecule has 8 heteroatoms. The highest BCUT2D eigenvalue weighted by Crippen LogP contribution is 2.20. The highest BCUT2D eigenvalue weighted by atomic mass is 32.2. The Morgan fingerprint density at radius 3 is 2.48 bits per heavy atom. The van der Waals surface area contributed by atoms with Crippen LogP contribution in [0.15, 0.2) is 46.2 Å². The van der Waals surface area contributed by atoms with Crippen LogP contribution in [0.1, 0.15) is 13.8 Å². The van der Waals surface area contributed by atoms with Crippen LogP contribution in [0.5, 0.6) is 0 Å². The minimum atomic E-state index is -3.63. The second kappa shape index (κ2) is 7.69. The summed E-state index contributed by atoms with van der Waals surface area (Å²) in [7, 11) is -3.63. The van der Waals surface area contributed by atoms with Gasteiger partial charge in [-0.05, 0) is 30.2 Å². The molecule has 1 aromatic carbocycles. The SMILES string of the molecule is CC(C)[C@H](CNc1ccc(F)c(S(C)(=O)=O)c1)Nc1cc[nH]c(=O)c1. The quantitative estimate of drug-likeness (QED) is 0.699. The summed E-state index contributed by atoms with van der Waals surface area (Å²) in [5.41, 5.74) is 1.01. The molecule has 0 amide bonds. The molecule has 0 unspecified atom stereocenters. The summed E-state index contributed by atoms with van der Waals surface area (Å²) in [6.45, 7) is 4.53. The molecule has 2 rings (SSSR count). The smallest absolute Gasteiger partial charge is 0.249 e. The number of rotatable bonds is 7. The van der Waals surface area contributed by atoms with Gasteiger partial charge in [-0.25, -0.2) is 12.8 Å². The van der Waals surface area contributed by atoms with Crippen LogP contribution in [0.3, 0.4) is 0 Å². The first kappa shape index (κ1) is 19.0. The number of nitrogens with one attached hydrogen (secondary N) is 3. The molecule has 0 aliphatic rings. The maximum Gasteiger partial charge on any atom is 0.249 e. The van der Waals surface area contributed by atoms with Crippen molar-refractivity contribution >= 4 is 21.2 Å². The van der Waals surface area contributed by atoms with E-state index in [1.807, 2.05) is 13.8 Å². The Hall–Kier alpha value is -2.35. The van der Waals surface area contributed by atoms with Crippen molar-refractivity contribution in [2.75, 3.05) is 23.4 Å². The molecule has 0 radical (unpaired) electrons. The van der Waals surface area contributed by atoms with Crippen LogP contribution in [0.25, 0.3) is 0 Å². The number of hydrogen-bond donors (Lipinski definition) is 3. The van der Waals surface area contributed by atoms with Crippen LogP contribution in [0.2, 0.25) is 0 Å². The molecule has 0 saturated heterocycles. The van der Waals surface area contributed by atoms with E-state index in [0.29, 0.717) is 17.9 Å². The van der Waals surface area contributed by atoms with E-state index in [0.717, 1.165) is 12.3 Å². The maximum absolute atomic E-state index is 13.7. The van der Waals surface area contributed by atoms with Gasteiger partial charge < -0.3 is 15.6 Å². The van der Waals surface area contributed by atoms with Crippen molar-refractivity contribution in [3.8, 4) is 0 Å². The van der Waals surface area contributed by atoms with E-state index in [1.165, 1.54) is 18.2 Å². The third-order valence-electron chi connectivity index (χ3n) is 3.79. The number of pyridine rings is 1. The van der Waals surface area contributed by atoms with E-state index in [-0.39, 0.29) is 22.4 Å². The van der Waals surface area contributed by atoms with E-state index < -0.39 is 15.7 Å². The number of hydrogen-bond acceptors (Lipinski definition) is 5. The lowest BCUT2D eigenvalue weighted by atomic mass is 10.0. The van der Waals surface area contributed by atoms with Gasteiger partial charge in [0.05, 0.1) is 0 Å². The number of aromatic amines is 1. The fraction of sp³-hybridized carbons (Fsp3) is 0.353. The van der Waals surface area contributed by atoms with Crippen molar-refractivity contribution in [3.63, 3.8) is 0 Å². The fourth-order valence-corrected chi connectivity index (χ4v) is 3.09. The Kier molecular flexibility index (Phi) is 5.84. The van der Waals surface area contributed by atoms with Crippen LogP contribution in [0.4, 0.5) is 15.8 Å². The monoisotopic (exact) mass is 367 g/mol. The number of anilines is 2. The highest BCUT2D eigenvalue weighted by molar-refractivity contribution is 7.90. The molecule has 3 N–H and O–H groups in total. The number of halogens is 1. The Morgan fingerprint density at radius 1 is 1.16 bits per heavy atom. The fourth-order valence-electron chi connectivity index (χ4n) is 2.33. The van der Waals surface area contributed by atoms with Gasteiger partial charge in [0.15, 0.2) is 9.84 Å². The molecular weight excluding hydrogens is 345 g/mol. The average Bonchev–Trinajstić information content (AvgIpc) is 2.51. The van der Waals surface area contributed by atoms with E-state index in [4.69, 9.17) is 0 Å². The Morgan fingerprint density at radius 2 is 1.88 bits per heavy atom. The Labute approximate surface area is 146 Å². The third-order valence-corrected chi connectivity index (χ3v) is 4.90. The van der Waals surface area contributed by atoms with Crippen molar-refractivity contribution in [1.29, 1.82) is 0 Å². The van der Waals surface area contributed by atoms with Crippen molar-refractivity contribution in [2.45, 2.75) is 24.8 Å². The summed E-state index contributed by atoms with van der Waals surface area (Å²) in [5.74, 6) is -0.531. The van der Waals surface area contributed by atoms with Gasteiger partial charge in [-0.2, -0.15) is 0 Å². The van der Waals surface area contributed by atoms with E-state index in [2.05, 4.69) is 15.6 Å². The van der Waals surface area contributed by atoms with Crippen LogP contribution >= 0.6 is 0 Å². The molecule has 0 fully saturated rings. The van der Waals surface area contributed by atoms with Gasteiger partial charge in [0.25, 0.3) is 0 Å². The van der Waals surface area contributed by atoms with Gasteiger partial charge in [-0.3, -0.25) is 4.79 Å². The maximum atomic E-state index is 13.7. The topological polar surface area (TPSA) is 91.1 Å². The van der Waals surface area contributed by atoms with E-state index >= 15 is 0 Å². The summed E-state index contributed by atoms with van der Waals surface area (Å²) in [5, 5.41) is 6.39. The molecule has 136 valence electrons. The van der Waals surface area contributed by atoms with Crippen molar-refractivity contribution < 1.29 is 12.8 Å². The zero-order chi connectivity index (χ0) is 18.6. The average molecular weight is 367 g/mol. The minimum absolute atomic E-state index is 0.0199. The third kappa shape index (κ3) is 5.32. The lowest BCUT2D eigenvalue weighted by Gasteiger charge is -2.24. The number of benzene rings is 1. The summed E-state index contributed by atoms with van der Waals surface area (Å²) in [4.78, 5) is 13.6. The van der Waals surface area contributed by atoms with Crippen LogP contribution in [-0.2, 0) is 9.84 Å². The molecule has 25 heavy (non-hydrogen) atoms. The number of aromatic nitrogens is 1. The first-order valence-electron chi connectivity index (χ1n) is 7.85. The second-order valence-corrected chi connectivity index (χ2v) is 8.22. The lowest BCUT2D eigenvalue weighted by Crippen LogP contribution is -2.33. The minimum Gasteiger partial charge on any atom is -0.383 e. The van der Waals surface area contributed by atoms with Gasteiger partial charge in [-0.1, -0.05) is 13.8 Å². The number of sulfone groups is 1. The zero-order valence-electron chi connectivity index (χ0n) is 14.3. The molecule has 6 nitrogen and oxygen atoms in total. The van der Waals surface area contributed by atoms with Crippen molar-refractivity contribution in [1.82, 2.24) is 4.98 Å². The summed E-state index contributed by atoms with van der Waals surface area (Å²) >= 11 is 0. The molecule has 1 aromatic heterocycles. The molecule has 2 aromatic rings. The highest BCUT2D eigenvalue weighted by Gasteiger charge is 2.16. The standard InChI is InChI=1S/C17H22FN3O3S/c1-11(2)15(21-13-6-7-19-17(22)9-13)10-20-12-4-5-14(18)16(8-12)25(3,23)24/h4-9,11,15,20H,10H2,1-3H3,(H2,19,21,22)/t15-/m0/s1. The van der Waals surface area contributed by atoms with Crippen LogP contribution < -0.4 is 16.2 Å². The summed E-state index contributed by atoms with van der Waals surface area (Å²) in [6.07, 6.45) is 2.54. The summed E-state index contributed by atoms with van der Waals surface area (Å²) in [6, 6.07) is 7.12. The largest absolute Gasteiger partial charge is 0.383 e. The van der Waals surface area contributed by atoms with Gasteiger partial charge in [0, 0.05) is 42.5 Å². The number of H-pyrrole nitrogens is 1. The van der Waals surface area contributed by atoms with Gasteiger partial charge in [0.1, 0.15) is 10.7 Å². The lowest BCUT2D eigenvalue weighted by molar-refractivity contribution is 0.541. The van der Waals surface area contributed by atoms with E-state index in [9.17, 15) is 17.6 Å². The predicted molar refractivity (Wildman–Crippen MR) is 97.3 cm³/mol. The molecule has 1 heterocycles. The van der Waals surface area contributed by atoms with E-state index in [1.54, 1.807) is 12.3 Å². The van der Waals surface area contributed by atoms with Crippen molar-refractivity contribution in [3.05, 3.63) is 52.7 Å². The molecule has 0 aliphatic carbocycles. The zero-order valence-corrected chi connectivity index (χ0v) is 15.2. The van der Waals surface area contributed by atoms with Gasteiger partial charge in [0.2, 0.25) is 5.56 Å². The predicted octanol–water partition coefficient (Wildman–Crippen LogP) is 2.47. The molecular formula is C17H22FN3O3S. The second-order valence-electron chi connectivity index (χ2n) is 6.23. The molecule has 0 spiro atoms. The molecule has 0 saturated carbocycles. The molecule has 1 atom stereocenters. The molecule has 0 aliphatic heterocycles.